The molecule has 1 N–H and O–H groups in total. The van der Waals surface area contributed by atoms with Crippen LogP contribution in [-0.2, 0) is 0 Å². The van der Waals surface area contributed by atoms with Gasteiger partial charge in [-0.1, -0.05) is 92.0 Å². The topological polar surface area (TPSA) is 20.2 Å². The molecule has 4 rings (SSSR count). The van der Waals surface area contributed by atoms with Crippen molar-refractivity contribution >= 4 is 43.5 Å². The van der Waals surface area contributed by atoms with E-state index >= 15 is 0 Å². The molecule has 28 heavy (non-hydrogen) atoms. The number of hydrogen-bond acceptors (Lipinski definition) is 1. The Kier molecular flexibility index (Phi) is 5.58. The largest absolute Gasteiger partial charge is 0.508 e. The summed E-state index contributed by atoms with van der Waals surface area (Å²) in [6, 6.07) is 27.6. The molecule has 138 valence electrons. The van der Waals surface area contributed by atoms with Crippen LogP contribution in [0.25, 0.3) is 33.4 Å². The van der Waals surface area contributed by atoms with Crippen LogP contribution in [0.15, 0.2) is 93.9 Å². The third-order valence-corrected chi connectivity index (χ3v) is 5.98. The van der Waals surface area contributed by atoms with Gasteiger partial charge in [-0.15, -0.1) is 0 Å². The molecule has 0 bridgehead atoms. The molecular formula is C24H15Br2ClO. The highest BCUT2D eigenvalue weighted by Gasteiger charge is 2.16. The summed E-state index contributed by atoms with van der Waals surface area (Å²) >= 11 is 14.0. The molecule has 0 spiro atoms. The molecule has 0 atom stereocenters. The van der Waals surface area contributed by atoms with Gasteiger partial charge in [-0.2, -0.15) is 0 Å². The maximum Gasteiger partial charge on any atom is 0.116 e. The van der Waals surface area contributed by atoms with Crippen LogP contribution >= 0.6 is 43.5 Å². The third-order valence-electron chi connectivity index (χ3n) is 4.57. The Morgan fingerprint density at radius 1 is 0.607 bits per heavy atom. The quantitative estimate of drug-likeness (QED) is 0.290. The zero-order chi connectivity index (χ0) is 19.7. The van der Waals surface area contributed by atoms with Gasteiger partial charge in [-0.25, -0.2) is 0 Å². The van der Waals surface area contributed by atoms with Gasteiger partial charge in [0, 0.05) is 20.1 Å². The predicted molar refractivity (Wildman–Crippen MR) is 125 cm³/mol. The van der Waals surface area contributed by atoms with Crippen LogP contribution < -0.4 is 0 Å². The lowest BCUT2D eigenvalue weighted by Gasteiger charge is -2.17. The fraction of sp³-hybridized carbons (Fsp3) is 0. The molecule has 4 aromatic rings. The smallest absolute Gasteiger partial charge is 0.116 e. The van der Waals surface area contributed by atoms with Crippen LogP contribution in [-0.4, -0.2) is 5.11 Å². The van der Waals surface area contributed by atoms with Crippen molar-refractivity contribution in [3.05, 3.63) is 98.9 Å². The number of halogens is 3. The normalized spacial score (nSPS) is 10.8. The summed E-state index contributed by atoms with van der Waals surface area (Å²) in [5.41, 5.74) is 5.89. The average molecular weight is 515 g/mol. The number of hydrogen-bond donors (Lipinski definition) is 1. The molecule has 0 unspecified atom stereocenters. The maximum atomic E-state index is 9.89. The Morgan fingerprint density at radius 3 is 1.93 bits per heavy atom. The minimum Gasteiger partial charge on any atom is -0.508 e. The first-order chi connectivity index (χ1) is 13.5. The van der Waals surface area contributed by atoms with Gasteiger partial charge in [0.1, 0.15) is 5.75 Å². The Bertz CT molecular complexity index is 1150. The van der Waals surface area contributed by atoms with Crippen molar-refractivity contribution in [2.24, 2.45) is 0 Å². The molecule has 0 heterocycles. The second-order valence-corrected chi connectivity index (χ2v) is 8.63. The van der Waals surface area contributed by atoms with Gasteiger partial charge in [0.15, 0.2) is 0 Å². The average Bonchev–Trinajstić information content (AvgIpc) is 2.68. The van der Waals surface area contributed by atoms with Crippen molar-refractivity contribution in [2.75, 3.05) is 0 Å². The zero-order valence-electron chi connectivity index (χ0n) is 14.7. The van der Waals surface area contributed by atoms with E-state index in [1.54, 1.807) is 12.1 Å². The number of aromatic hydroxyl groups is 1. The second kappa shape index (κ2) is 8.12. The number of phenolic OH excluding ortho intramolecular Hbond substituents is 1. The van der Waals surface area contributed by atoms with E-state index in [1.807, 2.05) is 42.5 Å². The summed E-state index contributed by atoms with van der Waals surface area (Å²) in [7, 11) is 0. The molecule has 0 fully saturated rings. The summed E-state index contributed by atoms with van der Waals surface area (Å²) in [6.45, 7) is 0. The summed E-state index contributed by atoms with van der Waals surface area (Å²) < 4.78 is 2.03. The SMILES string of the molecule is Oc1cccc(-c2ccc(-c3cccc(Br)c3)c(-c3ccc(Br)cc3)c2Cl)c1. The molecule has 0 aliphatic carbocycles. The second-order valence-electron chi connectivity index (χ2n) is 6.42. The Labute approximate surface area is 185 Å². The molecule has 0 aromatic heterocycles. The van der Waals surface area contributed by atoms with E-state index in [4.69, 9.17) is 11.6 Å². The van der Waals surface area contributed by atoms with Crippen molar-refractivity contribution in [3.63, 3.8) is 0 Å². The Morgan fingerprint density at radius 2 is 1.25 bits per heavy atom. The molecule has 4 aromatic carbocycles. The molecule has 0 amide bonds. The van der Waals surface area contributed by atoms with Crippen LogP contribution in [0.2, 0.25) is 5.02 Å². The van der Waals surface area contributed by atoms with Crippen LogP contribution in [0, 0.1) is 0 Å². The van der Waals surface area contributed by atoms with Crippen LogP contribution in [0.3, 0.4) is 0 Å². The summed E-state index contributed by atoms with van der Waals surface area (Å²) in [6.07, 6.45) is 0. The molecule has 0 aliphatic rings. The van der Waals surface area contributed by atoms with E-state index in [0.29, 0.717) is 5.02 Å². The van der Waals surface area contributed by atoms with E-state index in [1.165, 1.54) is 0 Å². The van der Waals surface area contributed by atoms with E-state index in [-0.39, 0.29) is 5.75 Å². The third kappa shape index (κ3) is 3.88. The van der Waals surface area contributed by atoms with Gasteiger partial charge < -0.3 is 5.11 Å². The minimum atomic E-state index is 0.217. The highest BCUT2D eigenvalue weighted by Crippen LogP contribution is 2.43. The predicted octanol–water partition coefficient (Wildman–Crippen LogP) is 8.57. The Balaban J connectivity index is 1.99. The minimum absolute atomic E-state index is 0.217. The molecule has 4 heteroatoms. The van der Waals surface area contributed by atoms with Crippen LogP contribution in [0.5, 0.6) is 5.75 Å². The standard InChI is InChI=1S/C24H15Br2ClO/c25-18-9-7-15(8-10-18)23-21(16-3-1-5-19(26)13-16)11-12-22(24(23)27)17-4-2-6-20(28)14-17/h1-14,28H. The first kappa shape index (κ1) is 19.3. The highest BCUT2D eigenvalue weighted by molar-refractivity contribution is 9.10. The van der Waals surface area contributed by atoms with Gasteiger partial charge in [-0.3, -0.25) is 0 Å². The van der Waals surface area contributed by atoms with E-state index < -0.39 is 0 Å². The van der Waals surface area contributed by atoms with Gasteiger partial charge in [-0.05, 0) is 58.7 Å². The van der Waals surface area contributed by atoms with E-state index in [0.717, 1.165) is 42.3 Å². The van der Waals surface area contributed by atoms with Crippen molar-refractivity contribution in [1.29, 1.82) is 0 Å². The summed E-state index contributed by atoms with van der Waals surface area (Å²) in [5, 5.41) is 10.5. The van der Waals surface area contributed by atoms with Gasteiger partial charge >= 0.3 is 0 Å². The van der Waals surface area contributed by atoms with Gasteiger partial charge in [0.2, 0.25) is 0 Å². The Hall–Kier alpha value is -2.07. The lowest BCUT2D eigenvalue weighted by molar-refractivity contribution is 0.475. The first-order valence-electron chi connectivity index (χ1n) is 8.67. The number of benzene rings is 4. The van der Waals surface area contributed by atoms with Crippen molar-refractivity contribution in [2.45, 2.75) is 0 Å². The molecule has 0 saturated carbocycles. The van der Waals surface area contributed by atoms with Crippen LogP contribution in [0.4, 0.5) is 0 Å². The highest BCUT2D eigenvalue weighted by atomic mass is 79.9. The first-order valence-corrected chi connectivity index (χ1v) is 10.6. The van der Waals surface area contributed by atoms with Crippen molar-refractivity contribution in [3.8, 4) is 39.1 Å². The molecule has 0 saturated heterocycles. The van der Waals surface area contributed by atoms with E-state index in [2.05, 4.69) is 62.2 Å². The lowest BCUT2D eigenvalue weighted by atomic mass is 9.91. The van der Waals surface area contributed by atoms with Gasteiger partial charge in [0.05, 0.1) is 5.02 Å². The molecule has 0 radical (unpaired) electrons. The maximum absolute atomic E-state index is 9.89. The molecule has 1 nitrogen and oxygen atoms in total. The van der Waals surface area contributed by atoms with Crippen molar-refractivity contribution < 1.29 is 5.11 Å². The van der Waals surface area contributed by atoms with E-state index in [9.17, 15) is 5.11 Å². The fourth-order valence-electron chi connectivity index (χ4n) is 3.27. The lowest BCUT2D eigenvalue weighted by Crippen LogP contribution is -1.90. The number of rotatable bonds is 3. The monoisotopic (exact) mass is 512 g/mol. The van der Waals surface area contributed by atoms with Gasteiger partial charge in [0.25, 0.3) is 0 Å². The fourth-order valence-corrected chi connectivity index (χ4v) is 4.31. The molecular weight excluding hydrogens is 500 g/mol. The zero-order valence-corrected chi connectivity index (χ0v) is 18.6. The summed E-state index contributed by atoms with van der Waals surface area (Å²) in [4.78, 5) is 0. The summed E-state index contributed by atoms with van der Waals surface area (Å²) in [5.74, 6) is 0.217. The number of phenols is 1. The van der Waals surface area contributed by atoms with Crippen LogP contribution in [0.1, 0.15) is 0 Å². The van der Waals surface area contributed by atoms with Crippen molar-refractivity contribution in [1.82, 2.24) is 0 Å². The molecule has 0 aliphatic heterocycles.